The molecule has 0 amide bonds. The molecule has 2 aromatic heterocycles. The van der Waals surface area contributed by atoms with E-state index in [-0.39, 0.29) is 0 Å². The zero-order chi connectivity index (χ0) is 18.4. The molecule has 1 aliphatic rings. The summed E-state index contributed by atoms with van der Waals surface area (Å²) in [5.74, 6) is -0.160. The van der Waals surface area contributed by atoms with Crippen molar-refractivity contribution in [3.05, 3.63) is 53.4 Å². The Balaban J connectivity index is 1.65. The molecule has 8 heteroatoms. The van der Waals surface area contributed by atoms with Gasteiger partial charge in [-0.15, -0.1) is 0 Å². The summed E-state index contributed by atoms with van der Waals surface area (Å²) in [6.07, 6.45) is 0.513. The molecule has 5 atom stereocenters. The number of anilines is 1. The molecule has 0 aliphatic heterocycles. The standard InChI is InChI=1S/C18H19ClN4O3/c19-10-3-1-9(2-4-10)14(24)12-7-13(16(26)15(12)25)23-6-5-11-17(20)21-8-22-18(11)23/h1-6,8,12-16,24-26H,7H2,(H2,20,21,22)/t12-,13-,14?,15-,16+/m1/s1. The van der Waals surface area contributed by atoms with Gasteiger partial charge in [0.1, 0.15) is 23.9 Å². The first kappa shape index (κ1) is 17.2. The predicted molar refractivity (Wildman–Crippen MR) is 97.5 cm³/mol. The van der Waals surface area contributed by atoms with Crippen LogP contribution < -0.4 is 5.73 Å². The lowest BCUT2D eigenvalue weighted by atomic mass is 9.92. The van der Waals surface area contributed by atoms with Gasteiger partial charge in [-0.3, -0.25) is 0 Å². The number of fused-ring (bicyclic) bond motifs is 1. The molecule has 1 aliphatic carbocycles. The highest BCUT2D eigenvalue weighted by atomic mass is 35.5. The van der Waals surface area contributed by atoms with Gasteiger partial charge in [0.2, 0.25) is 0 Å². The Bertz CT molecular complexity index is 930. The van der Waals surface area contributed by atoms with Crippen molar-refractivity contribution in [3.8, 4) is 0 Å². The largest absolute Gasteiger partial charge is 0.390 e. The molecule has 3 aromatic rings. The van der Waals surface area contributed by atoms with Gasteiger partial charge in [-0.1, -0.05) is 23.7 Å². The van der Waals surface area contributed by atoms with Crippen molar-refractivity contribution in [2.75, 3.05) is 5.73 Å². The summed E-state index contributed by atoms with van der Waals surface area (Å²) < 4.78 is 1.79. The van der Waals surface area contributed by atoms with E-state index >= 15 is 0 Å². The maximum atomic E-state index is 10.7. The van der Waals surface area contributed by atoms with E-state index in [1.807, 2.05) is 0 Å². The second-order valence-electron chi connectivity index (χ2n) is 6.66. The number of nitrogens with zero attached hydrogens (tertiary/aromatic N) is 3. The minimum atomic E-state index is -1.07. The minimum absolute atomic E-state index is 0.361. The number of nitrogens with two attached hydrogens (primary N) is 1. The fourth-order valence-electron chi connectivity index (χ4n) is 3.80. The Morgan fingerprint density at radius 3 is 2.58 bits per heavy atom. The number of nitrogen functional groups attached to an aromatic ring is 1. The number of aromatic nitrogens is 3. The summed E-state index contributed by atoms with van der Waals surface area (Å²) in [4.78, 5) is 8.21. The molecule has 4 rings (SSSR count). The molecule has 0 radical (unpaired) electrons. The van der Waals surface area contributed by atoms with Crippen LogP contribution in [-0.2, 0) is 0 Å². The fourth-order valence-corrected chi connectivity index (χ4v) is 3.92. The molecule has 7 nitrogen and oxygen atoms in total. The number of aliphatic hydroxyl groups is 3. The molecule has 0 spiro atoms. The van der Waals surface area contributed by atoms with Crippen molar-refractivity contribution in [2.45, 2.75) is 30.8 Å². The average molecular weight is 375 g/mol. The Hall–Kier alpha value is -2.19. The van der Waals surface area contributed by atoms with E-state index in [1.165, 1.54) is 6.33 Å². The highest BCUT2D eigenvalue weighted by molar-refractivity contribution is 6.30. The number of hydrogen-bond donors (Lipinski definition) is 4. The molecule has 0 saturated heterocycles. The van der Waals surface area contributed by atoms with Crippen LogP contribution in [0.4, 0.5) is 5.82 Å². The lowest BCUT2D eigenvalue weighted by Gasteiger charge is -2.22. The van der Waals surface area contributed by atoms with Crippen LogP contribution in [0.5, 0.6) is 0 Å². The van der Waals surface area contributed by atoms with Crippen LogP contribution in [0, 0.1) is 5.92 Å². The summed E-state index contributed by atoms with van der Waals surface area (Å²) in [5.41, 5.74) is 7.11. The lowest BCUT2D eigenvalue weighted by molar-refractivity contribution is -0.0264. The highest BCUT2D eigenvalue weighted by Crippen LogP contribution is 2.43. The number of benzene rings is 1. The summed E-state index contributed by atoms with van der Waals surface area (Å²) in [5, 5.41) is 33.1. The van der Waals surface area contributed by atoms with Gasteiger partial charge in [0, 0.05) is 17.1 Å². The van der Waals surface area contributed by atoms with E-state index in [0.717, 1.165) is 0 Å². The maximum Gasteiger partial charge on any atom is 0.145 e. The van der Waals surface area contributed by atoms with Gasteiger partial charge in [0.15, 0.2) is 0 Å². The summed E-state index contributed by atoms with van der Waals surface area (Å²) in [6, 6.07) is 8.18. The molecule has 1 aromatic carbocycles. The molecule has 2 heterocycles. The van der Waals surface area contributed by atoms with Gasteiger partial charge in [-0.05, 0) is 30.2 Å². The third-order valence-electron chi connectivity index (χ3n) is 5.21. The summed E-state index contributed by atoms with van der Waals surface area (Å²) in [6.45, 7) is 0. The van der Waals surface area contributed by atoms with E-state index in [9.17, 15) is 15.3 Å². The van der Waals surface area contributed by atoms with E-state index < -0.39 is 30.3 Å². The van der Waals surface area contributed by atoms with Crippen molar-refractivity contribution in [3.63, 3.8) is 0 Å². The van der Waals surface area contributed by atoms with Crippen molar-refractivity contribution in [2.24, 2.45) is 5.92 Å². The summed E-state index contributed by atoms with van der Waals surface area (Å²) in [7, 11) is 0. The van der Waals surface area contributed by atoms with Crippen molar-refractivity contribution in [1.82, 2.24) is 14.5 Å². The third kappa shape index (κ3) is 2.73. The van der Waals surface area contributed by atoms with Gasteiger partial charge in [0.05, 0.1) is 23.6 Å². The van der Waals surface area contributed by atoms with Crippen molar-refractivity contribution < 1.29 is 15.3 Å². The van der Waals surface area contributed by atoms with Crippen LogP contribution in [0.1, 0.15) is 24.1 Å². The number of hydrogen-bond acceptors (Lipinski definition) is 6. The van der Waals surface area contributed by atoms with Crippen LogP contribution in [-0.4, -0.2) is 42.1 Å². The molecule has 1 fully saturated rings. The second-order valence-corrected chi connectivity index (χ2v) is 7.10. The van der Waals surface area contributed by atoms with E-state index in [2.05, 4.69) is 9.97 Å². The molecule has 0 bridgehead atoms. The highest BCUT2D eigenvalue weighted by Gasteiger charge is 2.46. The third-order valence-corrected chi connectivity index (χ3v) is 5.46. The normalized spacial score (nSPS) is 27.1. The monoisotopic (exact) mass is 374 g/mol. The van der Waals surface area contributed by atoms with Gasteiger partial charge >= 0.3 is 0 Å². The van der Waals surface area contributed by atoms with Crippen LogP contribution in [0.25, 0.3) is 11.0 Å². The van der Waals surface area contributed by atoms with E-state index in [1.54, 1.807) is 41.1 Å². The first-order valence-corrected chi connectivity index (χ1v) is 8.72. The molecule has 136 valence electrons. The zero-order valence-corrected chi connectivity index (χ0v) is 14.5. The number of aliphatic hydroxyl groups excluding tert-OH is 3. The molecular formula is C18H19ClN4O3. The van der Waals surface area contributed by atoms with Crippen molar-refractivity contribution >= 4 is 28.5 Å². The van der Waals surface area contributed by atoms with Crippen LogP contribution in [0.15, 0.2) is 42.9 Å². The summed E-state index contributed by atoms with van der Waals surface area (Å²) >= 11 is 5.89. The first-order valence-electron chi connectivity index (χ1n) is 8.34. The Kier molecular flexibility index (Phi) is 4.32. The smallest absolute Gasteiger partial charge is 0.145 e. The topological polar surface area (TPSA) is 117 Å². The van der Waals surface area contributed by atoms with Gasteiger partial charge in [-0.25, -0.2) is 9.97 Å². The molecule has 5 N–H and O–H groups in total. The fraction of sp³-hybridized carbons (Fsp3) is 0.333. The molecule has 26 heavy (non-hydrogen) atoms. The van der Waals surface area contributed by atoms with Crippen molar-refractivity contribution in [1.29, 1.82) is 0 Å². The van der Waals surface area contributed by atoms with Crippen LogP contribution in [0.3, 0.4) is 0 Å². The van der Waals surface area contributed by atoms with E-state index in [0.29, 0.717) is 33.9 Å². The van der Waals surface area contributed by atoms with Gasteiger partial charge in [-0.2, -0.15) is 0 Å². The maximum absolute atomic E-state index is 10.7. The Labute approximate surface area is 154 Å². The van der Waals surface area contributed by atoms with E-state index in [4.69, 9.17) is 17.3 Å². The molecule has 1 unspecified atom stereocenters. The van der Waals surface area contributed by atoms with Crippen LogP contribution in [0.2, 0.25) is 5.02 Å². The first-order chi connectivity index (χ1) is 12.5. The molecule has 1 saturated carbocycles. The Morgan fingerprint density at radius 1 is 1.12 bits per heavy atom. The van der Waals surface area contributed by atoms with Crippen LogP contribution >= 0.6 is 11.6 Å². The zero-order valence-electron chi connectivity index (χ0n) is 13.8. The number of rotatable bonds is 3. The quantitative estimate of drug-likeness (QED) is 0.554. The Morgan fingerprint density at radius 2 is 1.85 bits per heavy atom. The second kappa shape index (κ2) is 6.51. The lowest BCUT2D eigenvalue weighted by Crippen LogP contribution is -2.31. The SMILES string of the molecule is Nc1ncnc2c1ccn2[C@@H]1C[C@H](C(O)c2ccc(Cl)cc2)[C@@H](O)[C@H]1O. The van der Waals surface area contributed by atoms with Gasteiger partial charge < -0.3 is 25.6 Å². The number of halogens is 1. The molecular weight excluding hydrogens is 356 g/mol. The van der Waals surface area contributed by atoms with Gasteiger partial charge in [0.25, 0.3) is 0 Å². The minimum Gasteiger partial charge on any atom is -0.390 e. The predicted octanol–water partition coefficient (Wildman–Crippen LogP) is 1.68. The average Bonchev–Trinajstić information content (AvgIpc) is 3.18.